The van der Waals surface area contributed by atoms with Gasteiger partial charge in [0.25, 0.3) is 0 Å². The van der Waals surface area contributed by atoms with Crippen molar-refractivity contribution in [1.82, 2.24) is 14.6 Å². The SMILES string of the molecule is COc1ccc(S(=O)(=O)NCC(c2cccnc2)N2CCN(c3ccccc3F)CC2)cc1C. The van der Waals surface area contributed by atoms with Crippen molar-refractivity contribution in [1.29, 1.82) is 0 Å². The van der Waals surface area contributed by atoms with Crippen molar-refractivity contribution >= 4 is 15.7 Å². The van der Waals surface area contributed by atoms with Crippen molar-refractivity contribution in [3.63, 3.8) is 0 Å². The predicted octanol–water partition coefficient (Wildman–Crippen LogP) is 3.38. The molecule has 1 aromatic heterocycles. The van der Waals surface area contributed by atoms with E-state index in [0.29, 0.717) is 37.6 Å². The summed E-state index contributed by atoms with van der Waals surface area (Å²) in [5, 5.41) is 0. The van der Waals surface area contributed by atoms with Crippen LogP contribution in [-0.4, -0.2) is 58.1 Å². The number of methoxy groups -OCH3 is 1. The number of hydrogen-bond donors (Lipinski definition) is 1. The first kappa shape index (κ1) is 24.1. The number of nitrogens with zero attached hydrogens (tertiary/aromatic N) is 3. The van der Waals surface area contributed by atoms with Crippen LogP contribution in [0.15, 0.2) is 71.9 Å². The summed E-state index contributed by atoms with van der Waals surface area (Å²) in [6.07, 6.45) is 3.46. The average Bonchev–Trinajstić information content (AvgIpc) is 2.85. The fourth-order valence-electron chi connectivity index (χ4n) is 4.30. The number of ether oxygens (including phenoxy) is 1. The molecule has 180 valence electrons. The maximum atomic E-state index is 14.2. The zero-order chi connectivity index (χ0) is 24.1. The number of hydrogen-bond acceptors (Lipinski definition) is 6. The summed E-state index contributed by atoms with van der Waals surface area (Å²) in [5.74, 6) is 0.405. The Morgan fingerprint density at radius 3 is 2.50 bits per heavy atom. The average molecular weight is 485 g/mol. The number of piperazine rings is 1. The monoisotopic (exact) mass is 484 g/mol. The molecule has 7 nitrogen and oxygen atoms in total. The van der Waals surface area contributed by atoms with Gasteiger partial charge in [0.05, 0.1) is 23.7 Å². The molecule has 1 aliphatic rings. The Kier molecular flexibility index (Phi) is 7.45. The molecule has 2 aromatic carbocycles. The third kappa shape index (κ3) is 5.38. The maximum Gasteiger partial charge on any atom is 0.240 e. The first-order chi connectivity index (χ1) is 16.4. The van der Waals surface area contributed by atoms with Gasteiger partial charge in [-0.2, -0.15) is 0 Å². The molecule has 34 heavy (non-hydrogen) atoms. The molecule has 0 spiro atoms. The van der Waals surface area contributed by atoms with E-state index in [2.05, 4.69) is 14.6 Å². The minimum atomic E-state index is -3.72. The number of halogens is 1. The quantitative estimate of drug-likeness (QED) is 0.529. The van der Waals surface area contributed by atoms with Crippen LogP contribution in [-0.2, 0) is 10.0 Å². The van der Waals surface area contributed by atoms with Gasteiger partial charge in [-0.3, -0.25) is 9.88 Å². The topological polar surface area (TPSA) is 74.8 Å². The Bertz CT molecular complexity index is 1220. The van der Waals surface area contributed by atoms with Gasteiger partial charge in [0.1, 0.15) is 11.6 Å². The van der Waals surface area contributed by atoms with E-state index in [1.165, 1.54) is 6.07 Å². The highest BCUT2D eigenvalue weighted by atomic mass is 32.2. The molecule has 1 unspecified atom stereocenters. The Morgan fingerprint density at radius 2 is 1.85 bits per heavy atom. The van der Waals surface area contributed by atoms with E-state index in [1.807, 2.05) is 30.0 Å². The van der Waals surface area contributed by atoms with E-state index in [0.717, 1.165) is 11.1 Å². The molecule has 0 aliphatic carbocycles. The summed E-state index contributed by atoms with van der Waals surface area (Å²) in [7, 11) is -2.17. The van der Waals surface area contributed by atoms with Crippen LogP contribution < -0.4 is 14.4 Å². The summed E-state index contributed by atoms with van der Waals surface area (Å²) in [4.78, 5) is 8.67. The van der Waals surface area contributed by atoms with E-state index in [4.69, 9.17) is 4.74 Å². The first-order valence-corrected chi connectivity index (χ1v) is 12.6. The molecule has 0 saturated carbocycles. The molecule has 3 aromatic rings. The summed E-state index contributed by atoms with van der Waals surface area (Å²) in [6.45, 7) is 4.61. The van der Waals surface area contributed by atoms with Crippen LogP contribution in [0.5, 0.6) is 5.75 Å². The number of aryl methyl sites for hydroxylation is 1. The zero-order valence-corrected chi connectivity index (χ0v) is 20.1. The van der Waals surface area contributed by atoms with Crippen LogP contribution >= 0.6 is 0 Å². The fraction of sp³-hybridized carbons (Fsp3) is 0.320. The van der Waals surface area contributed by atoms with Crippen molar-refractivity contribution < 1.29 is 17.5 Å². The predicted molar refractivity (Wildman–Crippen MR) is 130 cm³/mol. The highest BCUT2D eigenvalue weighted by Gasteiger charge is 2.28. The highest BCUT2D eigenvalue weighted by molar-refractivity contribution is 7.89. The normalized spacial score (nSPS) is 15.8. The lowest BCUT2D eigenvalue weighted by Crippen LogP contribution is -2.50. The molecule has 2 heterocycles. The third-order valence-corrected chi connectivity index (χ3v) is 7.58. The number of sulfonamides is 1. The molecule has 1 N–H and O–H groups in total. The van der Waals surface area contributed by atoms with Crippen molar-refractivity contribution in [2.45, 2.75) is 17.9 Å². The van der Waals surface area contributed by atoms with E-state index < -0.39 is 10.0 Å². The number of aromatic nitrogens is 1. The first-order valence-electron chi connectivity index (χ1n) is 11.2. The number of rotatable bonds is 8. The van der Waals surface area contributed by atoms with Gasteiger partial charge >= 0.3 is 0 Å². The van der Waals surface area contributed by atoms with E-state index in [9.17, 15) is 12.8 Å². The molecule has 0 radical (unpaired) electrons. The Labute approximate surface area is 200 Å². The highest BCUT2D eigenvalue weighted by Crippen LogP contribution is 2.26. The smallest absolute Gasteiger partial charge is 0.240 e. The summed E-state index contributed by atoms with van der Waals surface area (Å²) < 4.78 is 48.3. The van der Waals surface area contributed by atoms with Crippen molar-refractivity contribution in [2.75, 3.05) is 44.7 Å². The van der Waals surface area contributed by atoms with Crippen LogP contribution in [0, 0.1) is 12.7 Å². The van der Waals surface area contributed by atoms with Crippen LogP contribution in [0.3, 0.4) is 0 Å². The minimum Gasteiger partial charge on any atom is -0.496 e. The van der Waals surface area contributed by atoms with Crippen molar-refractivity contribution in [3.05, 3.63) is 83.9 Å². The minimum absolute atomic E-state index is 0.193. The van der Waals surface area contributed by atoms with Gasteiger partial charge in [-0.1, -0.05) is 18.2 Å². The van der Waals surface area contributed by atoms with Crippen molar-refractivity contribution in [3.8, 4) is 5.75 Å². The number of nitrogens with one attached hydrogen (secondary N) is 1. The second-order valence-electron chi connectivity index (χ2n) is 8.26. The molecule has 1 fully saturated rings. The fourth-order valence-corrected chi connectivity index (χ4v) is 5.43. The molecule has 0 amide bonds. The standard InChI is InChI=1S/C25H29FN4O3S/c1-19-16-21(9-10-25(19)33-2)34(31,32)28-18-24(20-6-5-11-27-17-20)30-14-12-29(13-15-30)23-8-4-3-7-22(23)26/h3-11,16-17,24,28H,12-15,18H2,1-2H3. The Morgan fingerprint density at radius 1 is 1.09 bits per heavy atom. The molecule has 9 heteroatoms. The van der Waals surface area contributed by atoms with Gasteiger partial charge in [-0.25, -0.2) is 17.5 Å². The van der Waals surface area contributed by atoms with Crippen LogP contribution in [0.4, 0.5) is 10.1 Å². The number of anilines is 1. The lowest BCUT2D eigenvalue weighted by atomic mass is 10.1. The van der Waals surface area contributed by atoms with Crippen LogP contribution in [0.2, 0.25) is 0 Å². The van der Waals surface area contributed by atoms with Gasteiger partial charge in [-0.05, 0) is 54.4 Å². The van der Waals surface area contributed by atoms with Crippen molar-refractivity contribution in [2.24, 2.45) is 0 Å². The number of para-hydroxylation sites is 1. The van der Waals surface area contributed by atoms with Gasteiger partial charge in [0.2, 0.25) is 10.0 Å². The summed E-state index contributed by atoms with van der Waals surface area (Å²) >= 11 is 0. The Hall–Kier alpha value is -3.01. The molecule has 1 saturated heterocycles. The number of pyridine rings is 1. The van der Waals surface area contributed by atoms with Gasteiger partial charge in [-0.15, -0.1) is 0 Å². The second kappa shape index (κ2) is 10.5. The Balaban J connectivity index is 1.49. The third-order valence-electron chi connectivity index (χ3n) is 6.16. The zero-order valence-electron chi connectivity index (χ0n) is 19.3. The molecule has 1 atom stereocenters. The molecular formula is C25H29FN4O3S. The number of benzene rings is 2. The summed E-state index contributed by atoms with van der Waals surface area (Å²) in [5.41, 5.74) is 2.27. The van der Waals surface area contributed by atoms with Crippen LogP contribution in [0.25, 0.3) is 0 Å². The lowest BCUT2D eigenvalue weighted by Gasteiger charge is -2.40. The molecular weight excluding hydrogens is 455 g/mol. The largest absolute Gasteiger partial charge is 0.496 e. The van der Waals surface area contributed by atoms with E-state index in [-0.39, 0.29) is 23.3 Å². The lowest BCUT2D eigenvalue weighted by molar-refractivity contribution is 0.186. The molecule has 1 aliphatic heterocycles. The van der Waals surface area contributed by atoms with Gasteiger partial charge in [0, 0.05) is 45.1 Å². The van der Waals surface area contributed by atoms with Gasteiger partial charge < -0.3 is 9.64 Å². The maximum absolute atomic E-state index is 14.2. The van der Waals surface area contributed by atoms with Crippen LogP contribution in [0.1, 0.15) is 17.2 Å². The summed E-state index contributed by atoms with van der Waals surface area (Å²) in [6, 6.07) is 15.2. The van der Waals surface area contributed by atoms with Gasteiger partial charge in [0.15, 0.2) is 0 Å². The second-order valence-corrected chi connectivity index (χ2v) is 10.0. The molecule has 4 rings (SSSR count). The van der Waals surface area contributed by atoms with E-state index >= 15 is 0 Å². The van der Waals surface area contributed by atoms with E-state index in [1.54, 1.807) is 49.8 Å². The molecule has 0 bridgehead atoms.